The monoisotopic (exact) mass is 215 g/mol. The molecule has 5 heteroatoms. The molecule has 0 saturated heterocycles. The van der Waals surface area contributed by atoms with Crippen molar-refractivity contribution < 1.29 is 5.11 Å². The summed E-state index contributed by atoms with van der Waals surface area (Å²) in [6, 6.07) is 0. The highest BCUT2D eigenvalue weighted by Gasteiger charge is 2.22. The molecule has 0 fully saturated rings. The van der Waals surface area contributed by atoms with Crippen LogP contribution in [0.15, 0.2) is 5.16 Å². The van der Waals surface area contributed by atoms with E-state index in [0.717, 1.165) is 18.7 Å². The molecule has 0 aromatic carbocycles. The summed E-state index contributed by atoms with van der Waals surface area (Å²) in [5, 5.41) is 17.5. The molecule has 4 nitrogen and oxygen atoms in total. The Hall–Kier alpha value is -0.550. The number of rotatable bonds is 5. The molecule has 0 atom stereocenters. The first-order chi connectivity index (χ1) is 6.59. The molecule has 0 aliphatic rings. The van der Waals surface area contributed by atoms with Crippen LogP contribution in [-0.4, -0.2) is 31.6 Å². The lowest BCUT2D eigenvalue weighted by Gasteiger charge is -2.23. The van der Waals surface area contributed by atoms with E-state index in [1.165, 1.54) is 11.8 Å². The summed E-state index contributed by atoms with van der Waals surface area (Å²) < 4.78 is 0. The Bertz CT molecular complexity index is 283. The van der Waals surface area contributed by atoms with E-state index in [4.69, 9.17) is 0 Å². The lowest BCUT2D eigenvalue weighted by Crippen LogP contribution is -2.29. The molecule has 1 heterocycles. The van der Waals surface area contributed by atoms with Gasteiger partial charge >= 0.3 is 0 Å². The quantitative estimate of drug-likeness (QED) is 0.735. The van der Waals surface area contributed by atoms with Crippen molar-refractivity contribution in [3.8, 4) is 0 Å². The first-order valence-corrected chi connectivity index (χ1v) is 5.82. The minimum atomic E-state index is -0.584. The molecule has 0 aliphatic heterocycles. The van der Waals surface area contributed by atoms with Crippen LogP contribution in [0.2, 0.25) is 0 Å². The average Bonchev–Trinajstić information content (AvgIpc) is 2.61. The van der Waals surface area contributed by atoms with Crippen LogP contribution in [0.3, 0.4) is 0 Å². The van der Waals surface area contributed by atoms with E-state index in [9.17, 15) is 5.11 Å². The Labute approximate surface area is 88.5 Å². The third-order valence-electron chi connectivity index (χ3n) is 2.36. The molecule has 0 radical (unpaired) electrons. The van der Waals surface area contributed by atoms with Crippen LogP contribution in [0.4, 0.5) is 0 Å². The van der Waals surface area contributed by atoms with Crippen LogP contribution < -0.4 is 0 Å². The van der Waals surface area contributed by atoms with Gasteiger partial charge in [-0.1, -0.05) is 25.6 Å². The highest BCUT2D eigenvalue weighted by atomic mass is 32.2. The maximum absolute atomic E-state index is 10.0. The Kier molecular flexibility index (Phi) is 3.95. The molecule has 0 aliphatic carbocycles. The molecule has 0 spiro atoms. The summed E-state index contributed by atoms with van der Waals surface area (Å²) in [4.78, 5) is 4.17. The lowest BCUT2D eigenvalue weighted by atomic mass is 10.0. The van der Waals surface area contributed by atoms with Crippen molar-refractivity contribution in [3.63, 3.8) is 0 Å². The van der Waals surface area contributed by atoms with Gasteiger partial charge in [-0.05, 0) is 19.8 Å². The van der Waals surface area contributed by atoms with E-state index in [1.54, 1.807) is 0 Å². The van der Waals surface area contributed by atoms with Crippen LogP contribution in [-0.2, 0) is 0 Å². The molecular formula is C9H17N3OS. The first kappa shape index (κ1) is 11.5. The van der Waals surface area contributed by atoms with Gasteiger partial charge in [0.05, 0.1) is 5.60 Å². The highest BCUT2D eigenvalue weighted by Crippen LogP contribution is 2.24. The second kappa shape index (κ2) is 4.79. The van der Waals surface area contributed by atoms with Gasteiger partial charge in [-0.2, -0.15) is 0 Å². The third-order valence-corrected chi connectivity index (χ3v) is 3.49. The number of aryl methyl sites for hydroxylation is 1. The molecule has 14 heavy (non-hydrogen) atoms. The van der Waals surface area contributed by atoms with E-state index >= 15 is 0 Å². The van der Waals surface area contributed by atoms with Gasteiger partial charge in [-0.15, -0.1) is 5.10 Å². The number of H-pyrrole nitrogens is 1. The summed E-state index contributed by atoms with van der Waals surface area (Å²) in [6.45, 7) is 5.85. The van der Waals surface area contributed by atoms with Crippen LogP contribution >= 0.6 is 11.8 Å². The van der Waals surface area contributed by atoms with Gasteiger partial charge in [-0.25, -0.2) is 4.98 Å². The van der Waals surface area contributed by atoms with Gasteiger partial charge in [0.2, 0.25) is 5.16 Å². The normalized spacial score (nSPS) is 12.0. The molecule has 0 saturated carbocycles. The Balaban J connectivity index is 2.47. The van der Waals surface area contributed by atoms with Crippen molar-refractivity contribution in [2.75, 3.05) is 5.75 Å². The average molecular weight is 215 g/mol. The zero-order valence-corrected chi connectivity index (χ0v) is 9.69. The largest absolute Gasteiger partial charge is 0.389 e. The topological polar surface area (TPSA) is 61.8 Å². The van der Waals surface area contributed by atoms with Gasteiger partial charge in [0.25, 0.3) is 0 Å². The number of aliphatic hydroxyl groups is 1. The first-order valence-electron chi connectivity index (χ1n) is 4.84. The lowest BCUT2D eigenvalue weighted by molar-refractivity contribution is 0.0571. The molecular weight excluding hydrogens is 198 g/mol. The fourth-order valence-corrected chi connectivity index (χ4v) is 2.16. The maximum Gasteiger partial charge on any atom is 0.208 e. The number of nitrogens with zero attached hydrogens (tertiary/aromatic N) is 2. The molecule has 0 bridgehead atoms. The third kappa shape index (κ3) is 2.99. The molecule has 0 unspecified atom stereocenters. The number of hydrogen-bond donors (Lipinski definition) is 2. The molecule has 2 N–H and O–H groups in total. The second-order valence-corrected chi connectivity index (χ2v) is 4.37. The SMILES string of the molecule is CCC(O)(CC)CSc1n[nH]c(C)n1. The van der Waals surface area contributed by atoms with Crippen LogP contribution in [0, 0.1) is 6.92 Å². The zero-order chi connectivity index (χ0) is 10.6. The van der Waals surface area contributed by atoms with E-state index < -0.39 is 5.60 Å². The van der Waals surface area contributed by atoms with Gasteiger partial charge in [0.15, 0.2) is 0 Å². The van der Waals surface area contributed by atoms with Crippen molar-refractivity contribution in [1.29, 1.82) is 0 Å². The molecule has 80 valence electrons. The van der Waals surface area contributed by atoms with Crippen LogP contribution in [0.1, 0.15) is 32.5 Å². The number of thioether (sulfide) groups is 1. The molecule has 0 amide bonds. The second-order valence-electron chi connectivity index (χ2n) is 3.42. The fraction of sp³-hybridized carbons (Fsp3) is 0.778. The minimum absolute atomic E-state index is 0.584. The van der Waals surface area contributed by atoms with E-state index in [0.29, 0.717) is 10.9 Å². The fourth-order valence-electron chi connectivity index (χ4n) is 1.04. The Morgan fingerprint density at radius 3 is 2.50 bits per heavy atom. The number of nitrogens with one attached hydrogen (secondary N) is 1. The van der Waals surface area contributed by atoms with Crippen molar-refractivity contribution in [2.45, 2.75) is 44.4 Å². The Morgan fingerprint density at radius 2 is 2.07 bits per heavy atom. The summed E-state index contributed by atoms with van der Waals surface area (Å²) in [6.07, 6.45) is 1.53. The van der Waals surface area contributed by atoms with Gasteiger partial charge in [0, 0.05) is 5.75 Å². The van der Waals surface area contributed by atoms with E-state index in [2.05, 4.69) is 15.2 Å². The summed E-state index contributed by atoms with van der Waals surface area (Å²) in [7, 11) is 0. The predicted molar refractivity (Wildman–Crippen MR) is 57.4 cm³/mol. The van der Waals surface area contributed by atoms with Crippen molar-refractivity contribution in [2.24, 2.45) is 0 Å². The van der Waals surface area contributed by atoms with Crippen LogP contribution in [0.25, 0.3) is 0 Å². The van der Waals surface area contributed by atoms with E-state index in [1.807, 2.05) is 20.8 Å². The molecule has 1 aromatic rings. The number of aromatic amines is 1. The highest BCUT2D eigenvalue weighted by molar-refractivity contribution is 7.99. The van der Waals surface area contributed by atoms with Crippen LogP contribution in [0.5, 0.6) is 0 Å². The summed E-state index contributed by atoms with van der Waals surface area (Å²) >= 11 is 1.49. The van der Waals surface area contributed by atoms with E-state index in [-0.39, 0.29) is 0 Å². The van der Waals surface area contributed by atoms with Gasteiger partial charge < -0.3 is 5.11 Å². The van der Waals surface area contributed by atoms with Crippen molar-refractivity contribution in [3.05, 3.63) is 5.82 Å². The molecule has 1 rings (SSSR count). The van der Waals surface area contributed by atoms with Gasteiger partial charge in [0.1, 0.15) is 5.82 Å². The zero-order valence-electron chi connectivity index (χ0n) is 8.87. The minimum Gasteiger partial charge on any atom is -0.389 e. The maximum atomic E-state index is 10.0. The standard InChI is InChI=1S/C9H17N3OS/c1-4-9(13,5-2)6-14-8-10-7(3)11-12-8/h13H,4-6H2,1-3H3,(H,10,11,12). The predicted octanol–water partition coefficient (Wildman–Crippen LogP) is 1.76. The number of hydrogen-bond acceptors (Lipinski definition) is 4. The summed E-state index contributed by atoms with van der Waals surface area (Å²) in [5.74, 6) is 1.46. The molecule has 1 aromatic heterocycles. The smallest absolute Gasteiger partial charge is 0.208 e. The number of aromatic nitrogens is 3. The van der Waals surface area contributed by atoms with Crippen molar-refractivity contribution in [1.82, 2.24) is 15.2 Å². The van der Waals surface area contributed by atoms with Crippen molar-refractivity contribution >= 4 is 11.8 Å². The summed E-state index contributed by atoms with van der Waals surface area (Å²) in [5.41, 5.74) is -0.584. The van der Waals surface area contributed by atoms with Gasteiger partial charge in [-0.3, -0.25) is 5.10 Å². The Morgan fingerprint density at radius 1 is 1.43 bits per heavy atom.